The quantitative estimate of drug-likeness (QED) is 0.396. The molecule has 3 aromatic rings. The highest BCUT2D eigenvalue weighted by molar-refractivity contribution is 5.96. The minimum Gasteiger partial charge on any atom is -0.399 e. The Bertz CT molecular complexity index is 1450. The van der Waals surface area contributed by atoms with Crippen LogP contribution in [0.5, 0.6) is 0 Å². The minimum absolute atomic E-state index is 0.0624. The van der Waals surface area contributed by atoms with E-state index in [9.17, 15) is 18.0 Å². The van der Waals surface area contributed by atoms with Gasteiger partial charge < -0.3 is 16.0 Å². The number of anilines is 2. The maximum atomic E-state index is 13.4. The Labute approximate surface area is 220 Å². The molecule has 2 aliphatic rings. The molecule has 2 aromatic carbocycles. The Morgan fingerprint density at radius 3 is 2.47 bits per heavy atom. The van der Waals surface area contributed by atoms with E-state index in [1.54, 1.807) is 19.9 Å². The van der Waals surface area contributed by atoms with Crippen LogP contribution in [0.2, 0.25) is 0 Å². The zero-order valence-electron chi connectivity index (χ0n) is 21.9. The van der Waals surface area contributed by atoms with Crippen LogP contribution < -0.4 is 11.1 Å². The first kappa shape index (κ1) is 26.0. The summed E-state index contributed by atoms with van der Waals surface area (Å²) in [7, 11) is 0. The smallest absolute Gasteiger partial charge is 0.399 e. The molecular weight excluding hydrogens is 491 g/mol. The van der Waals surface area contributed by atoms with Crippen molar-refractivity contribution in [2.24, 2.45) is 0 Å². The Morgan fingerprint density at radius 1 is 1.08 bits per heavy atom. The molecule has 5 rings (SSSR count). The molecule has 0 radical (unpaired) electrons. The van der Waals surface area contributed by atoms with Gasteiger partial charge in [0.2, 0.25) is 5.91 Å². The molecule has 6 nitrogen and oxygen atoms in total. The standard InChI is InChI=1S/C29H32F3N5O/c1-16(20-12-21(29(30,31)32)14-22(33)13-20)34-28-26-15-25(19-8-10-37(11-9-19)18(3)38)23-6-4-5-7-24(23)27(26)35-17(2)36-28/h8,12-16H,4-7,9-11,33H2,1-3H3,(H,34,35,36). The summed E-state index contributed by atoms with van der Waals surface area (Å²) in [4.78, 5) is 23.2. The van der Waals surface area contributed by atoms with Gasteiger partial charge in [-0.2, -0.15) is 13.2 Å². The second-order valence-corrected chi connectivity index (χ2v) is 10.3. The van der Waals surface area contributed by atoms with Gasteiger partial charge >= 0.3 is 6.18 Å². The minimum atomic E-state index is -4.48. The first-order valence-corrected chi connectivity index (χ1v) is 13.0. The summed E-state index contributed by atoms with van der Waals surface area (Å²) in [5.74, 6) is 1.26. The lowest BCUT2D eigenvalue weighted by Crippen LogP contribution is -2.32. The molecule has 1 aliphatic carbocycles. The summed E-state index contributed by atoms with van der Waals surface area (Å²) >= 11 is 0. The highest BCUT2D eigenvalue weighted by atomic mass is 19.4. The van der Waals surface area contributed by atoms with E-state index in [1.165, 1.54) is 22.3 Å². The van der Waals surface area contributed by atoms with E-state index in [-0.39, 0.29) is 11.6 Å². The maximum Gasteiger partial charge on any atom is 0.416 e. The molecule has 0 bridgehead atoms. The number of aromatic nitrogens is 2. The molecule has 3 N–H and O–H groups in total. The normalized spacial score (nSPS) is 16.7. The van der Waals surface area contributed by atoms with Crippen molar-refractivity contribution in [2.45, 2.75) is 65.1 Å². The fourth-order valence-electron chi connectivity index (χ4n) is 5.62. The Kier molecular flexibility index (Phi) is 6.79. The first-order chi connectivity index (χ1) is 18.0. The summed E-state index contributed by atoms with van der Waals surface area (Å²) in [5, 5.41) is 4.22. The number of hydrogen-bond acceptors (Lipinski definition) is 5. The molecule has 1 aromatic heterocycles. The zero-order valence-corrected chi connectivity index (χ0v) is 21.9. The van der Waals surface area contributed by atoms with Gasteiger partial charge in [-0.1, -0.05) is 6.08 Å². The second-order valence-electron chi connectivity index (χ2n) is 10.3. The van der Waals surface area contributed by atoms with Crippen molar-refractivity contribution < 1.29 is 18.0 Å². The Morgan fingerprint density at radius 2 is 1.82 bits per heavy atom. The monoisotopic (exact) mass is 523 g/mol. The van der Waals surface area contributed by atoms with Gasteiger partial charge in [0.05, 0.1) is 17.1 Å². The molecule has 200 valence electrons. The van der Waals surface area contributed by atoms with Crippen LogP contribution in [-0.4, -0.2) is 33.9 Å². The number of carbonyl (C=O) groups is 1. The number of aryl methyl sites for hydroxylation is 2. The second kappa shape index (κ2) is 9.93. The number of halogens is 3. The summed E-state index contributed by atoms with van der Waals surface area (Å²) in [5.41, 5.74) is 11.4. The van der Waals surface area contributed by atoms with E-state index < -0.39 is 17.8 Å². The Balaban J connectivity index is 1.60. The third-order valence-corrected chi connectivity index (χ3v) is 7.58. The van der Waals surface area contributed by atoms with Gasteiger partial charge in [0.1, 0.15) is 11.6 Å². The van der Waals surface area contributed by atoms with Crippen LogP contribution in [-0.2, 0) is 23.8 Å². The predicted octanol–water partition coefficient (Wildman–Crippen LogP) is 6.23. The molecule has 38 heavy (non-hydrogen) atoms. The van der Waals surface area contributed by atoms with Crippen LogP contribution in [0.25, 0.3) is 16.5 Å². The summed E-state index contributed by atoms with van der Waals surface area (Å²) < 4.78 is 40.3. The SMILES string of the molecule is CC(=O)N1CC=C(c2cc3c(NC(C)c4cc(N)cc(C(F)(F)F)c4)nc(C)nc3c3c2CCCC3)CC1. The third-order valence-electron chi connectivity index (χ3n) is 7.58. The van der Waals surface area contributed by atoms with Gasteiger partial charge in [-0.25, -0.2) is 9.97 Å². The molecule has 0 saturated heterocycles. The number of nitrogens with two attached hydrogens (primary N) is 1. The number of benzene rings is 2. The molecule has 0 fully saturated rings. The summed E-state index contributed by atoms with van der Waals surface area (Å²) in [6.07, 6.45) is 2.50. The van der Waals surface area contributed by atoms with Crippen molar-refractivity contribution in [3.8, 4) is 0 Å². The van der Waals surface area contributed by atoms with Gasteiger partial charge in [-0.15, -0.1) is 0 Å². The van der Waals surface area contributed by atoms with Crippen LogP contribution in [0.15, 0.2) is 30.3 Å². The van der Waals surface area contributed by atoms with Gasteiger partial charge in [-0.05, 0) is 98.0 Å². The van der Waals surface area contributed by atoms with E-state index in [1.807, 2.05) is 11.8 Å². The number of nitrogen functional groups attached to an aromatic ring is 1. The molecule has 9 heteroatoms. The van der Waals surface area contributed by atoms with Gasteiger partial charge in [-0.3, -0.25) is 4.79 Å². The maximum absolute atomic E-state index is 13.4. The van der Waals surface area contributed by atoms with E-state index in [0.29, 0.717) is 30.3 Å². The number of carbonyl (C=O) groups excluding carboxylic acids is 1. The van der Waals surface area contributed by atoms with E-state index >= 15 is 0 Å². The number of amides is 1. The lowest BCUT2D eigenvalue weighted by molar-refractivity contribution is -0.137. The summed E-state index contributed by atoms with van der Waals surface area (Å²) in [6, 6.07) is 5.29. The van der Waals surface area contributed by atoms with Gasteiger partial charge in [0.15, 0.2) is 0 Å². The van der Waals surface area contributed by atoms with Crippen molar-refractivity contribution >= 4 is 33.9 Å². The van der Waals surface area contributed by atoms with Crippen LogP contribution in [0.1, 0.15) is 72.8 Å². The van der Waals surface area contributed by atoms with E-state index in [0.717, 1.165) is 55.1 Å². The number of hydrogen-bond donors (Lipinski definition) is 2. The molecule has 1 aliphatic heterocycles. The third kappa shape index (κ3) is 5.06. The van der Waals surface area contributed by atoms with E-state index in [4.69, 9.17) is 10.7 Å². The van der Waals surface area contributed by atoms with Crippen LogP contribution >= 0.6 is 0 Å². The highest BCUT2D eigenvalue weighted by Gasteiger charge is 2.31. The van der Waals surface area contributed by atoms with Crippen molar-refractivity contribution in [3.05, 3.63) is 64.0 Å². The number of fused-ring (bicyclic) bond motifs is 3. The number of alkyl halides is 3. The van der Waals surface area contributed by atoms with Crippen LogP contribution in [0.3, 0.4) is 0 Å². The fourth-order valence-corrected chi connectivity index (χ4v) is 5.62. The zero-order chi connectivity index (χ0) is 27.2. The van der Waals surface area contributed by atoms with Crippen molar-refractivity contribution in [3.63, 3.8) is 0 Å². The largest absolute Gasteiger partial charge is 0.416 e. The first-order valence-electron chi connectivity index (χ1n) is 13.0. The molecule has 2 heterocycles. The average molecular weight is 524 g/mol. The van der Waals surface area contributed by atoms with Crippen LogP contribution in [0, 0.1) is 6.92 Å². The topological polar surface area (TPSA) is 84.1 Å². The lowest BCUT2D eigenvalue weighted by Gasteiger charge is -2.29. The van der Waals surface area contributed by atoms with Gasteiger partial charge in [0, 0.05) is 31.1 Å². The van der Waals surface area contributed by atoms with Crippen LogP contribution in [0.4, 0.5) is 24.7 Å². The molecule has 0 saturated carbocycles. The number of rotatable bonds is 4. The number of nitrogens with zero attached hydrogens (tertiary/aromatic N) is 3. The number of nitrogens with one attached hydrogen (secondary N) is 1. The van der Waals surface area contributed by atoms with Crippen molar-refractivity contribution in [2.75, 3.05) is 24.1 Å². The fraction of sp³-hybridized carbons (Fsp3) is 0.414. The summed E-state index contributed by atoms with van der Waals surface area (Å²) in [6.45, 7) is 6.49. The molecule has 0 spiro atoms. The van der Waals surface area contributed by atoms with Gasteiger partial charge in [0.25, 0.3) is 0 Å². The average Bonchev–Trinajstić information content (AvgIpc) is 2.87. The molecule has 1 atom stereocenters. The lowest BCUT2D eigenvalue weighted by atomic mass is 9.82. The highest BCUT2D eigenvalue weighted by Crippen LogP contribution is 2.39. The Hall–Kier alpha value is -3.62. The van der Waals surface area contributed by atoms with Crippen molar-refractivity contribution in [1.29, 1.82) is 0 Å². The predicted molar refractivity (Wildman–Crippen MR) is 144 cm³/mol. The molecule has 1 unspecified atom stereocenters. The molecular formula is C29H32F3N5O. The van der Waals surface area contributed by atoms with Crippen molar-refractivity contribution in [1.82, 2.24) is 14.9 Å². The molecule has 1 amide bonds. The van der Waals surface area contributed by atoms with E-state index in [2.05, 4.69) is 22.4 Å².